The Balaban J connectivity index is 2.63. The minimum atomic E-state index is -0.527. The first-order chi connectivity index (χ1) is 10.1. The van der Waals surface area contributed by atoms with Crippen molar-refractivity contribution in [1.29, 1.82) is 0 Å². The van der Waals surface area contributed by atoms with Crippen LogP contribution in [0.5, 0.6) is 5.75 Å². The second-order valence-electron chi connectivity index (χ2n) is 4.00. The third-order valence-electron chi connectivity index (χ3n) is 2.39. The van der Waals surface area contributed by atoms with Crippen molar-refractivity contribution in [2.24, 2.45) is 0 Å². The zero-order chi connectivity index (χ0) is 15.7. The molecule has 114 valence electrons. The summed E-state index contributed by atoms with van der Waals surface area (Å²) in [5.41, 5.74) is 0.690. The molecule has 0 saturated heterocycles. The highest BCUT2D eigenvalue weighted by atomic mass is 127. The second kappa shape index (κ2) is 9.78. The molecule has 0 spiro atoms. The van der Waals surface area contributed by atoms with E-state index < -0.39 is 5.97 Å². The normalized spacial score (nSPS) is 10.6. The molecule has 0 heterocycles. The molecule has 0 N–H and O–H groups in total. The molecule has 0 unspecified atom stereocenters. The highest BCUT2D eigenvalue weighted by Crippen LogP contribution is 2.23. The Labute approximate surface area is 142 Å². The van der Waals surface area contributed by atoms with Gasteiger partial charge in [-0.3, -0.25) is 9.59 Å². The smallest absolute Gasteiger partial charge is 0.313 e. The van der Waals surface area contributed by atoms with E-state index in [0.29, 0.717) is 22.9 Å². The van der Waals surface area contributed by atoms with E-state index in [1.807, 2.05) is 0 Å². The number of rotatable bonds is 8. The number of ketones is 1. The molecule has 4 nitrogen and oxygen atoms in total. The summed E-state index contributed by atoms with van der Waals surface area (Å²) in [6.45, 7) is 2.57. The van der Waals surface area contributed by atoms with Gasteiger partial charge in [0.1, 0.15) is 12.2 Å². The highest BCUT2D eigenvalue weighted by molar-refractivity contribution is 14.1. The molecule has 0 atom stereocenters. The van der Waals surface area contributed by atoms with Crippen molar-refractivity contribution in [2.75, 3.05) is 17.6 Å². The maximum atomic E-state index is 11.6. The number of carbonyl (C=O) groups is 2. The zero-order valence-electron chi connectivity index (χ0n) is 11.6. The molecule has 0 aliphatic heterocycles. The maximum absolute atomic E-state index is 11.6. The van der Waals surface area contributed by atoms with Gasteiger partial charge in [0.25, 0.3) is 0 Å². The number of hydrogen-bond donors (Lipinski definition) is 0. The Hall–Kier alpha value is -1.08. The first kappa shape index (κ1) is 18.0. The lowest BCUT2D eigenvalue weighted by atomic mass is 10.1. The van der Waals surface area contributed by atoms with E-state index >= 15 is 0 Å². The Morgan fingerprint density at radius 1 is 1.38 bits per heavy atom. The van der Waals surface area contributed by atoms with Crippen LogP contribution in [0.4, 0.5) is 0 Å². The van der Waals surface area contributed by atoms with Crippen LogP contribution in [-0.2, 0) is 14.3 Å². The van der Waals surface area contributed by atoms with Gasteiger partial charge in [-0.15, -0.1) is 0 Å². The number of carbonyl (C=O) groups excluding carboxylic acids is 2. The minimum absolute atomic E-state index is 0.264. The number of halogens is 2. The summed E-state index contributed by atoms with van der Waals surface area (Å²) in [4.78, 5) is 22.7. The fraction of sp³-hybridized carbons (Fsp3) is 0.333. The average Bonchev–Trinajstić information content (AvgIpc) is 2.44. The molecule has 6 heteroatoms. The minimum Gasteiger partial charge on any atom is -0.493 e. The topological polar surface area (TPSA) is 52.6 Å². The third kappa shape index (κ3) is 6.95. The summed E-state index contributed by atoms with van der Waals surface area (Å²) < 4.78 is 11.0. The first-order valence-corrected chi connectivity index (χ1v) is 8.32. The molecule has 0 amide bonds. The fourth-order valence-electron chi connectivity index (χ4n) is 1.49. The van der Waals surface area contributed by atoms with E-state index in [0.717, 1.165) is 4.43 Å². The monoisotopic (exact) mass is 422 g/mol. The summed E-state index contributed by atoms with van der Waals surface area (Å²) in [5.74, 6) is -0.165. The SMILES string of the molecule is CCOC(=O)CC(=O)C=Cc1ccc(OCCI)cc1Cl. The van der Waals surface area contributed by atoms with Gasteiger partial charge in [-0.05, 0) is 42.8 Å². The molecule has 0 saturated carbocycles. The van der Waals surface area contributed by atoms with E-state index in [2.05, 4.69) is 22.6 Å². The maximum Gasteiger partial charge on any atom is 0.313 e. The molecule has 0 fully saturated rings. The number of esters is 1. The molecular weight excluding hydrogens is 407 g/mol. The van der Waals surface area contributed by atoms with E-state index in [4.69, 9.17) is 21.1 Å². The van der Waals surface area contributed by atoms with Crippen LogP contribution in [0.3, 0.4) is 0 Å². The third-order valence-corrected chi connectivity index (χ3v) is 3.16. The van der Waals surface area contributed by atoms with Crippen LogP contribution < -0.4 is 4.74 Å². The standard InChI is InChI=1S/C15H16ClIO4/c1-2-20-15(19)9-12(18)5-3-11-4-6-13(10-14(11)16)21-8-7-17/h3-6,10H,2,7-9H2,1H3. The molecule has 0 aliphatic rings. The van der Waals surface area contributed by atoms with Gasteiger partial charge < -0.3 is 9.47 Å². The van der Waals surface area contributed by atoms with E-state index in [1.165, 1.54) is 6.08 Å². The van der Waals surface area contributed by atoms with Gasteiger partial charge in [-0.1, -0.05) is 34.2 Å². The van der Waals surface area contributed by atoms with E-state index in [9.17, 15) is 9.59 Å². The van der Waals surface area contributed by atoms with Gasteiger partial charge in [-0.25, -0.2) is 0 Å². The predicted molar refractivity (Wildman–Crippen MR) is 91.1 cm³/mol. The molecule has 1 rings (SSSR count). The summed E-state index contributed by atoms with van der Waals surface area (Å²) in [7, 11) is 0. The van der Waals surface area contributed by atoms with E-state index in [1.54, 1.807) is 31.2 Å². The van der Waals surface area contributed by atoms with Crippen LogP contribution in [0.15, 0.2) is 24.3 Å². The van der Waals surface area contributed by atoms with Crippen molar-refractivity contribution in [3.05, 3.63) is 34.9 Å². The van der Waals surface area contributed by atoms with Crippen LogP contribution in [0.2, 0.25) is 5.02 Å². The van der Waals surface area contributed by atoms with Crippen molar-refractivity contribution in [3.63, 3.8) is 0 Å². The van der Waals surface area contributed by atoms with Crippen LogP contribution >= 0.6 is 34.2 Å². The lowest BCUT2D eigenvalue weighted by Gasteiger charge is -2.05. The van der Waals surface area contributed by atoms with Gasteiger partial charge in [-0.2, -0.15) is 0 Å². The number of alkyl halides is 1. The Bertz CT molecular complexity index is 528. The summed E-state index contributed by atoms with van der Waals surface area (Å²) in [6.07, 6.45) is 2.63. The largest absolute Gasteiger partial charge is 0.493 e. The summed E-state index contributed by atoms with van der Waals surface area (Å²) in [6, 6.07) is 5.25. The van der Waals surface area contributed by atoms with Gasteiger partial charge in [0.15, 0.2) is 5.78 Å². The predicted octanol–water partition coefficient (Wildman–Crippen LogP) is 3.69. The zero-order valence-corrected chi connectivity index (χ0v) is 14.5. The van der Waals surface area contributed by atoms with Gasteiger partial charge >= 0.3 is 5.97 Å². The lowest BCUT2D eigenvalue weighted by Crippen LogP contribution is -2.09. The number of ether oxygens (including phenoxy) is 2. The Morgan fingerprint density at radius 2 is 2.14 bits per heavy atom. The molecule has 0 aromatic heterocycles. The van der Waals surface area contributed by atoms with Crippen LogP contribution in [-0.4, -0.2) is 29.4 Å². The van der Waals surface area contributed by atoms with Crippen LogP contribution in [0.1, 0.15) is 18.9 Å². The van der Waals surface area contributed by atoms with Gasteiger partial charge in [0.2, 0.25) is 0 Å². The van der Waals surface area contributed by atoms with Crippen LogP contribution in [0, 0.1) is 0 Å². The summed E-state index contributed by atoms with van der Waals surface area (Å²) >= 11 is 8.33. The molecule has 0 radical (unpaired) electrons. The molecule has 21 heavy (non-hydrogen) atoms. The van der Waals surface area contributed by atoms with Crippen molar-refractivity contribution in [2.45, 2.75) is 13.3 Å². The van der Waals surface area contributed by atoms with Crippen molar-refractivity contribution in [1.82, 2.24) is 0 Å². The molecule has 0 bridgehead atoms. The van der Waals surface area contributed by atoms with Crippen molar-refractivity contribution >= 4 is 52.0 Å². The number of benzene rings is 1. The van der Waals surface area contributed by atoms with Crippen molar-refractivity contribution < 1.29 is 19.1 Å². The fourth-order valence-corrected chi connectivity index (χ4v) is 1.94. The van der Waals surface area contributed by atoms with Gasteiger partial charge in [0, 0.05) is 4.43 Å². The second-order valence-corrected chi connectivity index (χ2v) is 5.49. The molecule has 0 aliphatic carbocycles. The number of allylic oxidation sites excluding steroid dienone is 1. The van der Waals surface area contributed by atoms with Crippen molar-refractivity contribution in [3.8, 4) is 5.75 Å². The Kier molecular flexibility index (Phi) is 8.37. The first-order valence-electron chi connectivity index (χ1n) is 6.41. The molecular formula is C15H16ClIO4. The average molecular weight is 423 g/mol. The van der Waals surface area contributed by atoms with Crippen LogP contribution in [0.25, 0.3) is 6.08 Å². The molecule has 1 aromatic rings. The van der Waals surface area contributed by atoms with E-state index in [-0.39, 0.29) is 18.8 Å². The lowest BCUT2D eigenvalue weighted by molar-refractivity contribution is -0.144. The Morgan fingerprint density at radius 3 is 2.76 bits per heavy atom. The van der Waals surface area contributed by atoms with Gasteiger partial charge in [0.05, 0.1) is 18.2 Å². The highest BCUT2D eigenvalue weighted by Gasteiger charge is 2.07. The molecule has 1 aromatic carbocycles. The summed E-state index contributed by atoms with van der Waals surface area (Å²) in [5, 5.41) is 0.487. The number of hydrogen-bond acceptors (Lipinski definition) is 4. The quantitative estimate of drug-likeness (QED) is 0.211.